The molecule has 5 atom stereocenters. The van der Waals surface area contributed by atoms with Gasteiger partial charge in [-0.25, -0.2) is 0 Å². The van der Waals surface area contributed by atoms with Gasteiger partial charge in [0, 0.05) is 0 Å². The van der Waals surface area contributed by atoms with Crippen LogP contribution in [0.15, 0.2) is 77.9 Å². The molecule has 0 aliphatic carbocycles. The summed E-state index contributed by atoms with van der Waals surface area (Å²) in [5, 5.41) is 6.44. The van der Waals surface area contributed by atoms with Gasteiger partial charge < -0.3 is 0 Å². The predicted molar refractivity (Wildman–Crippen MR) is 121 cm³/mol. The van der Waals surface area contributed by atoms with E-state index in [1.807, 2.05) is 30.3 Å². The summed E-state index contributed by atoms with van der Waals surface area (Å²) in [6.45, 7) is 4.67. The Morgan fingerprint density at radius 2 is 1.73 bits per heavy atom. The average Bonchev–Trinajstić information content (AvgIpc) is 2.77. The van der Waals surface area contributed by atoms with E-state index in [0.717, 1.165) is 5.56 Å². The molecule has 0 radical (unpaired) electrons. The van der Waals surface area contributed by atoms with E-state index < -0.39 is 0 Å². The number of rotatable bonds is 6. The number of azide groups is 1. The summed E-state index contributed by atoms with van der Waals surface area (Å²) in [4.78, 5) is 3.11. The molecule has 0 saturated carbocycles. The Bertz CT molecular complexity index is 1040. The molecular weight excluding hydrogens is 441 g/mol. The fourth-order valence-corrected chi connectivity index (χ4v) is 6.63. The zero-order chi connectivity index (χ0) is 20.9. The van der Waals surface area contributed by atoms with Gasteiger partial charge in [-0.1, -0.05) is 0 Å². The Morgan fingerprint density at radius 3 is 2.50 bits per heavy atom. The number of nitrogens with zero attached hydrogens (tertiary/aromatic N) is 3. The molecule has 0 spiro atoms. The van der Waals surface area contributed by atoms with Crippen molar-refractivity contribution in [2.45, 2.75) is 43.7 Å². The normalized spacial score (nSPS) is 26.3. The van der Waals surface area contributed by atoms with E-state index in [4.69, 9.17) is 15.0 Å². The SMILES string of the molecule is CC1O[C@H]([Se]c2ccccc2)C(N=[N+]=[N-])[C@@H](C)[C@H]1OCc1ccc2ccccc2c1. The molecule has 1 saturated heterocycles. The van der Waals surface area contributed by atoms with Gasteiger partial charge in [0.2, 0.25) is 0 Å². The Labute approximate surface area is 183 Å². The van der Waals surface area contributed by atoms with E-state index in [2.05, 4.69) is 66.3 Å². The monoisotopic (exact) mass is 467 g/mol. The molecule has 0 aromatic heterocycles. The minimum atomic E-state index is -0.243. The molecule has 0 N–H and O–H groups in total. The first-order valence-corrected chi connectivity index (χ1v) is 12.0. The summed E-state index contributed by atoms with van der Waals surface area (Å²) in [5.74, 6) is 0.0701. The van der Waals surface area contributed by atoms with Crippen molar-refractivity contribution in [3.8, 4) is 0 Å². The molecule has 1 aliphatic heterocycles. The third kappa shape index (κ3) is 4.70. The molecule has 0 amide bonds. The summed E-state index contributed by atoms with van der Waals surface area (Å²) in [6, 6.07) is 24.8. The molecule has 1 fully saturated rings. The van der Waals surface area contributed by atoms with E-state index in [1.54, 1.807) is 0 Å². The van der Waals surface area contributed by atoms with E-state index in [9.17, 15) is 0 Å². The van der Waals surface area contributed by atoms with Gasteiger partial charge in [-0.3, -0.25) is 0 Å². The number of hydrogen-bond donors (Lipinski definition) is 0. The molecular formula is C24H25N3O2Se. The molecule has 1 aliphatic rings. The third-order valence-electron chi connectivity index (χ3n) is 5.58. The minimum absolute atomic E-state index is 0.0615. The van der Waals surface area contributed by atoms with Gasteiger partial charge in [-0.15, -0.1) is 0 Å². The van der Waals surface area contributed by atoms with Crippen LogP contribution in [0.2, 0.25) is 0 Å². The standard InChI is InChI=1S/C24H25N3O2Se/c1-16-22(26-27-25)24(30-21-10-4-3-5-11-21)29-17(2)23(16)28-15-18-12-13-19-8-6-7-9-20(19)14-18/h3-14,16-17,22-24H,15H2,1-2H3/t16-,17?,22?,23-,24-/m1/s1. The number of benzene rings is 3. The number of hydrogen-bond acceptors (Lipinski definition) is 3. The Hall–Kier alpha value is -2.33. The van der Waals surface area contributed by atoms with Crippen molar-refractivity contribution in [1.82, 2.24) is 0 Å². The Kier molecular flexibility index (Phi) is 6.73. The second-order valence-corrected chi connectivity index (χ2v) is 10.1. The molecule has 3 aromatic rings. The molecule has 6 heteroatoms. The first-order valence-electron chi connectivity index (χ1n) is 10.2. The molecule has 3 aromatic carbocycles. The summed E-state index contributed by atoms with van der Waals surface area (Å²) >= 11 is 0.0615. The summed E-state index contributed by atoms with van der Waals surface area (Å²) < 4.78 is 13.9. The van der Waals surface area contributed by atoms with Crippen molar-refractivity contribution in [3.05, 3.63) is 88.8 Å². The number of fused-ring (bicyclic) bond motifs is 1. The average molecular weight is 466 g/mol. The maximum absolute atomic E-state index is 9.15. The van der Waals surface area contributed by atoms with Crippen molar-refractivity contribution in [2.24, 2.45) is 11.0 Å². The zero-order valence-corrected chi connectivity index (χ0v) is 18.8. The second-order valence-electron chi connectivity index (χ2n) is 7.65. The maximum atomic E-state index is 9.15. The molecule has 4 rings (SSSR count). The van der Waals surface area contributed by atoms with Gasteiger partial charge in [-0.2, -0.15) is 0 Å². The van der Waals surface area contributed by atoms with Crippen LogP contribution in [0.25, 0.3) is 21.2 Å². The van der Waals surface area contributed by atoms with E-state index in [0.29, 0.717) is 6.61 Å². The fourth-order valence-electron chi connectivity index (χ4n) is 4.00. The van der Waals surface area contributed by atoms with E-state index in [-0.39, 0.29) is 44.1 Å². The molecule has 154 valence electrons. The van der Waals surface area contributed by atoms with Gasteiger partial charge in [-0.05, 0) is 0 Å². The van der Waals surface area contributed by atoms with Crippen LogP contribution in [0.3, 0.4) is 0 Å². The van der Waals surface area contributed by atoms with Crippen LogP contribution in [0.1, 0.15) is 19.4 Å². The van der Waals surface area contributed by atoms with Gasteiger partial charge >= 0.3 is 183 Å². The summed E-state index contributed by atoms with van der Waals surface area (Å²) in [6.07, 6.45) is -0.198. The first-order chi connectivity index (χ1) is 14.7. The summed E-state index contributed by atoms with van der Waals surface area (Å²) in [7, 11) is 0. The van der Waals surface area contributed by atoms with Crippen molar-refractivity contribution in [3.63, 3.8) is 0 Å². The Morgan fingerprint density at radius 1 is 1.00 bits per heavy atom. The van der Waals surface area contributed by atoms with Gasteiger partial charge in [0.05, 0.1) is 0 Å². The predicted octanol–water partition coefficient (Wildman–Crippen LogP) is 4.81. The van der Waals surface area contributed by atoms with Gasteiger partial charge in [0.15, 0.2) is 0 Å². The fraction of sp³-hybridized carbons (Fsp3) is 0.333. The van der Waals surface area contributed by atoms with Crippen LogP contribution in [0, 0.1) is 5.92 Å². The molecule has 5 nitrogen and oxygen atoms in total. The molecule has 0 bridgehead atoms. The van der Waals surface area contributed by atoms with Crippen LogP contribution in [0.4, 0.5) is 0 Å². The molecule has 1 heterocycles. The Balaban J connectivity index is 1.47. The van der Waals surface area contributed by atoms with Crippen LogP contribution in [-0.4, -0.2) is 38.2 Å². The summed E-state index contributed by atoms with van der Waals surface area (Å²) in [5.41, 5.74) is 10.3. The second kappa shape index (κ2) is 9.65. The molecule has 30 heavy (non-hydrogen) atoms. The third-order valence-corrected chi connectivity index (χ3v) is 8.03. The van der Waals surface area contributed by atoms with Crippen molar-refractivity contribution in [2.75, 3.05) is 0 Å². The van der Waals surface area contributed by atoms with Crippen molar-refractivity contribution < 1.29 is 9.47 Å². The van der Waals surface area contributed by atoms with Crippen LogP contribution >= 0.6 is 0 Å². The van der Waals surface area contributed by atoms with Crippen LogP contribution < -0.4 is 4.46 Å². The topological polar surface area (TPSA) is 67.2 Å². The van der Waals surface area contributed by atoms with Crippen molar-refractivity contribution in [1.29, 1.82) is 0 Å². The van der Waals surface area contributed by atoms with Crippen molar-refractivity contribution >= 4 is 30.2 Å². The zero-order valence-electron chi connectivity index (χ0n) is 17.1. The first kappa shape index (κ1) is 20.9. The van der Waals surface area contributed by atoms with Gasteiger partial charge in [0.25, 0.3) is 0 Å². The van der Waals surface area contributed by atoms with Crippen LogP contribution in [0.5, 0.6) is 0 Å². The van der Waals surface area contributed by atoms with E-state index in [1.165, 1.54) is 15.2 Å². The quantitative estimate of drug-likeness (QED) is 0.226. The van der Waals surface area contributed by atoms with Crippen LogP contribution in [-0.2, 0) is 16.1 Å². The number of ether oxygens (including phenoxy) is 2. The molecule has 2 unspecified atom stereocenters. The van der Waals surface area contributed by atoms with E-state index >= 15 is 0 Å². The van der Waals surface area contributed by atoms with Gasteiger partial charge in [0.1, 0.15) is 0 Å².